The number of aryl methyl sites for hydroxylation is 1. The highest BCUT2D eigenvalue weighted by atomic mass is 16.6. The summed E-state index contributed by atoms with van der Waals surface area (Å²) in [5.41, 5.74) is 0.449. The van der Waals surface area contributed by atoms with Gasteiger partial charge in [0.2, 0.25) is 0 Å². The maximum absolute atomic E-state index is 11.2. The minimum absolute atomic E-state index is 0.00412. The zero-order valence-corrected chi connectivity index (χ0v) is 12.1. The largest absolute Gasteiger partial charge is 0.494 e. The number of hydrogen-bond donors (Lipinski definition) is 1. The van der Waals surface area contributed by atoms with Gasteiger partial charge < -0.3 is 14.6 Å². The van der Waals surface area contributed by atoms with Crippen molar-refractivity contribution in [1.82, 2.24) is 9.55 Å². The number of nitrogens with zero attached hydrogens (tertiary/aromatic N) is 3. The van der Waals surface area contributed by atoms with Gasteiger partial charge in [-0.15, -0.1) is 0 Å². The first-order chi connectivity index (χ1) is 10.2. The predicted octanol–water partition coefficient (Wildman–Crippen LogP) is 2.82. The van der Waals surface area contributed by atoms with Crippen molar-refractivity contribution in [1.29, 1.82) is 0 Å². The number of nitro groups is 1. The van der Waals surface area contributed by atoms with Crippen LogP contribution in [-0.2, 0) is 13.1 Å². The van der Waals surface area contributed by atoms with Crippen molar-refractivity contribution in [3.05, 3.63) is 46.5 Å². The molecule has 0 spiro atoms. The van der Waals surface area contributed by atoms with Gasteiger partial charge in [-0.25, -0.2) is 4.98 Å². The maximum atomic E-state index is 11.2. The van der Waals surface area contributed by atoms with Gasteiger partial charge in [-0.05, 0) is 26.0 Å². The first-order valence-corrected chi connectivity index (χ1v) is 6.80. The third-order valence-corrected chi connectivity index (χ3v) is 3.06. The van der Waals surface area contributed by atoms with Crippen LogP contribution in [0.2, 0.25) is 0 Å². The van der Waals surface area contributed by atoms with Crippen molar-refractivity contribution in [3.8, 4) is 5.75 Å². The fourth-order valence-corrected chi connectivity index (χ4v) is 2.04. The number of rotatable bonds is 7. The molecule has 7 nitrogen and oxygen atoms in total. The molecule has 2 aromatic rings. The molecule has 0 fully saturated rings. The lowest BCUT2D eigenvalue weighted by Crippen LogP contribution is -2.08. The van der Waals surface area contributed by atoms with Crippen LogP contribution < -0.4 is 10.1 Å². The first kappa shape index (κ1) is 14.8. The zero-order valence-electron chi connectivity index (χ0n) is 12.1. The Morgan fingerprint density at radius 2 is 2.24 bits per heavy atom. The molecule has 7 heteroatoms. The Balaban J connectivity index is 2.17. The Morgan fingerprint density at radius 1 is 1.43 bits per heavy atom. The Hall–Kier alpha value is -2.57. The van der Waals surface area contributed by atoms with Gasteiger partial charge in [-0.3, -0.25) is 10.1 Å². The summed E-state index contributed by atoms with van der Waals surface area (Å²) in [7, 11) is 0. The van der Waals surface area contributed by atoms with E-state index in [2.05, 4.69) is 10.3 Å². The number of benzene rings is 1. The molecule has 112 valence electrons. The standard InChI is InChI=1S/C14H18N4O3/c1-3-17-8-7-15-14(17)10-16-12-6-5-11(21-4-2)9-13(12)18(19)20/h5-9,16H,3-4,10H2,1-2H3. The van der Waals surface area contributed by atoms with E-state index in [1.165, 1.54) is 6.07 Å². The van der Waals surface area contributed by atoms with Crippen molar-refractivity contribution in [2.45, 2.75) is 26.9 Å². The van der Waals surface area contributed by atoms with Gasteiger partial charge in [0, 0.05) is 18.9 Å². The van der Waals surface area contributed by atoms with Crippen molar-refractivity contribution < 1.29 is 9.66 Å². The monoisotopic (exact) mass is 290 g/mol. The van der Waals surface area contributed by atoms with Gasteiger partial charge in [-0.2, -0.15) is 0 Å². The van der Waals surface area contributed by atoms with Crippen molar-refractivity contribution in [2.24, 2.45) is 0 Å². The van der Waals surface area contributed by atoms with Gasteiger partial charge in [-0.1, -0.05) is 0 Å². The van der Waals surface area contributed by atoms with E-state index in [-0.39, 0.29) is 5.69 Å². The molecule has 0 amide bonds. The molecule has 0 atom stereocenters. The van der Waals surface area contributed by atoms with Crippen LogP contribution in [0.3, 0.4) is 0 Å². The fraction of sp³-hybridized carbons (Fsp3) is 0.357. The maximum Gasteiger partial charge on any atom is 0.296 e. The fourth-order valence-electron chi connectivity index (χ4n) is 2.04. The molecule has 0 saturated carbocycles. The molecular weight excluding hydrogens is 272 g/mol. The molecule has 2 rings (SSSR count). The van der Waals surface area contributed by atoms with Crippen molar-refractivity contribution >= 4 is 11.4 Å². The molecule has 1 aromatic heterocycles. The number of imidazole rings is 1. The predicted molar refractivity (Wildman–Crippen MR) is 79.5 cm³/mol. The Bertz CT molecular complexity index is 624. The van der Waals surface area contributed by atoms with E-state index in [0.29, 0.717) is 24.6 Å². The number of aromatic nitrogens is 2. The van der Waals surface area contributed by atoms with Crippen LogP contribution in [0.1, 0.15) is 19.7 Å². The molecule has 0 aliphatic carbocycles. The molecular formula is C14H18N4O3. The molecule has 0 unspecified atom stereocenters. The quantitative estimate of drug-likeness (QED) is 0.626. The van der Waals surface area contributed by atoms with E-state index in [9.17, 15) is 10.1 Å². The average molecular weight is 290 g/mol. The molecule has 0 aliphatic rings. The summed E-state index contributed by atoms with van der Waals surface area (Å²) in [4.78, 5) is 15.0. The van der Waals surface area contributed by atoms with Gasteiger partial charge >= 0.3 is 0 Å². The third-order valence-electron chi connectivity index (χ3n) is 3.06. The highest BCUT2D eigenvalue weighted by Gasteiger charge is 2.15. The Labute approximate surface area is 122 Å². The molecule has 1 N–H and O–H groups in total. The topological polar surface area (TPSA) is 82.2 Å². The van der Waals surface area contributed by atoms with Gasteiger partial charge in [0.1, 0.15) is 17.3 Å². The van der Waals surface area contributed by atoms with E-state index >= 15 is 0 Å². The van der Waals surface area contributed by atoms with Crippen LogP contribution in [0.5, 0.6) is 5.75 Å². The molecule has 1 aromatic carbocycles. The number of anilines is 1. The smallest absolute Gasteiger partial charge is 0.296 e. The number of nitro benzene ring substituents is 1. The summed E-state index contributed by atoms with van der Waals surface area (Å²) in [6.45, 7) is 5.56. The molecule has 21 heavy (non-hydrogen) atoms. The molecule has 1 heterocycles. The minimum atomic E-state index is -0.419. The van der Waals surface area contributed by atoms with Gasteiger partial charge in [0.05, 0.1) is 24.1 Å². The molecule has 0 saturated heterocycles. The van der Waals surface area contributed by atoms with E-state index in [1.54, 1.807) is 18.3 Å². The number of ether oxygens (including phenoxy) is 1. The van der Waals surface area contributed by atoms with Crippen LogP contribution in [0.25, 0.3) is 0 Å². The second-order valence-corrected chi connectivity index (χ2v) is 4.35. The first-order valence-electron chi connectivity index (χ1n) is 6.80. The van der Waals surface area contributed by atoms with Gasteiger partial charge in [0.15, 0.2) is 0 Å². The average Bonchev–Trinajstić information content (AvgIpc) is 2.93. The molecule has 0 bridgehead atoms. The van der Waals surface area contributed by atoms with Crippen molar-refractivity contribution in [2.75, 3.05) is 11.9 Å². The normalized spacial score (nSPS) is 10.4. The minimum Gasteiger partial charge on any atom is -0.494 e. The molecule has 0 aliphatic heterocycles. The Morgan fingerprint density at radius 3 is 2.90 bits per heavy atom. The summed E-state index contributed by atoms with van der Waals surface area (Å²) >= 11 is 0. The summed E-state index contributed by atoms with van der Waals surface area (Å²) in [6, 6.07) is 4.80. The highest BCUT2D eigenvalue weighted by molar-refractivity contribution is 5.63. The van der Waals surface area contributed by atoms with E-state index in [4.69, 9.17) is 4.74 Å². The lowest BCUT2D eigenvalue weighted by atomic mass is 10.2. The van der Waals surface area contributed by atoms with Crippen LogP contribution in [-0.4, -0.2) is 21.1 Å². The zero-order chi connectivity index (χ0) is 15.2. The van der Waals surface area contributed by atoms with E-state index in [1.807, 2.05) is 24.6 Å². The Kier molecular flexibility index (Phi) is 4.76. The highest BCUT2D eigenvalue weighted by Crippen LogP contribution is 2.29. The number of hydrogen-bond acceptors (Lipinski definition) is 5. The van der Waals surface area contributed by atoms with Crippen LogP contribution in [0, 0.1) is 10.1 Å². The summed E-state index contributed by atoms with van der Waals surface area (Å²) < 4.78 is 7.27. The van der Waals surface area contributed by atoms with Crippen LogP contribution in [0.15, 0.2) is 30.6 Å². The number of nitrogens with one attached hydrogen (secondary N) is 1. The van der Waals surface area contributed by atoms with E-state index in [0.717, 1.165) is 12.4 Å². The van der Waals surface area contributed by atoms with Crippen LogP contribution in [0.4, 0.5) is 11.4 Å². The van der Waals surface area contributed by atoms with Crippen LogP contribution >= 0.6 is 0 Å². The molecule has 0 radical (unpaired) electrons. The second-order valence-electron chi connectivity index (χ2n) is 4.35. The summed E-state index contributed by atoms with van der Waals surface area (Å²) in [6.07, 6.45) is 3.59. The SMILES string of the molecule is CCOc1ccc(NCc2nccn2CC)c([N+](=O)[O-])c1. The van der Waals surface area contributed by atoms with Crippen molar-refractivity contribution in [3.63, 3.8) is 0 Å². The van der Waals surface area contributed by atoms with Gasteiger partial charge in [0.25, 0.3) is 5.69 Å². The lowest BCUT2D eigenvalue weighted by Gasteiger charge is -2.10. The lowest BCUT2D eigenvalue weighted by molar-refractivity contribution is -0.384. The summed E-state index contributed by atoms with van der Waals surface area (Å²) in [5, 5.41) is 14.2. The summed E-state index contributed by atoms with van der Waals surface area (Å²) in [5.74, 6) is 1.32. The second kappa shape index (κ2) is 6.74. The van der Waals surface area contributed by atoms with E-state index < -0.39 is 4.92 Å². The third kappa shape index (κ3) is 3.50.